The lowest BCUT2D eigenvalue weighted by Crippen LogP contribution is -2.50. The third-order valence-electron chi connectivity index (χ3n) is 21.7. The van der Waals surface area contributed by atoms with Crippen LogP contribution in [0, 0.1) is 3.57 Å². The second-order valence-corrected chi connectivity index (χ2v) is 34.6. The van der Waals surface area contributed by atoms with Crippen LogP contribution in [0.4, 0.5) is 9.59 Å². The van der Waals surface area contributed by atoms with Crippen LogP contribution in [-0.2, 0) is 93.3 Å². The molecule has 2 aliphatic heterocycles. The number of halogens is 2. The first-order valence-electron chi connectivity index (χ1n) is 43.5. The Balaban J connectivity index is 0.000000474. The maximum Gasteiger partial charge on any atom is 0.326 e. The fourth-order valence-corrected chi connectivity index (χ4v) is 15.0. The van der Waals surface area contributed by atoms with Crippen molar-refractivity contribution in [3.05, 3.63) is 138 Å². The Hall–Kier alpha value is -11.8. The lowest BCUT2D eigenvalue weighted by Gasteiger charge is -2.32. The van der Waals surface area contributed by atoms with Crippen LogP contribution in [-0.4, -0.2) is 401 Å². The number of nitrogens with one attached hydrogen (secondary N) is 6. The minimum Gasteiger partial charge on any atom is -0.481 e. The zero-order chi connectivity index (χ0) is 98.9. The van der Waals surface area contributed by atoms with E-state index in [2.05, 4.69) is 70.4 Å². The SMILES string of the molecule is CC(=O)[C@@H](CCC(=O)O)NC(=O)N[C@H](CCCCN(Cc1ccc(Br)cc1)C(=O)c1ccc(CNC(=O)CN2CCN(CC(=O)O)CCN(CC(=O)O)CCN(CC(=O)O)CC2)cc1)C(=O)O.CC(=O)[C@@H](CCC(=O)O)NC(=O)N[C@H](CCCCN(Cc1ccc(I)cc1)C(=O)c1ccc(CNC(=O)CN2CCN(CC(=O)O)CCN(CC(=O)O)CCN(CC(=O)O)CC2)cc1)C(=O)O. The first-order chi connectivity index (χ1) is 63.5. The van der Waals surface area contributed by atoms with Crippen LogP contribution >= 0.6 is 38.5 Å². The van der Waals surface area contributed by atoms with Crippen LogP contribution in [0.3, 0.4) is 0 Å². The van der Waals surface area contributed by atoms with Gasteiger partial charge >= 0.3 is 71.8 Å². The number of carboxylic acid groups (broad SMARTS) is 10. The normalized spacial score (nSPS) is 15.4. The van der Waals surface area contributed by atoms with E-state index < -0.39 is 107 Å². The van der Waals surface area contributed by atoms with E-state index in [0.717, 1.165) is 19.2 Å². The molecule has 44 nitrogen and oxygen atoms in total. The maximum absolute atomic E-state index is 13.9. The van der Waals surface area contributed by atoms with Crippen LogP contribution < -0.4 is 31.9 Å². The first kappa shape index (κ1) is 113. The highest BCUT2D eigenvalue weighted by Gasteiger charge is 2.30. The Morgan fingerprint density at radius 2 is 0.567 bits per heavy atom. The molecule has 16 N–H and O–H groups in total. The molecule has 4 aromatic rings. The molecule has 2 heterocycles. The number of hydrogen-bond acceptors (Lipinski definition) is 26. The zero-order valence-electron chi connectivity index (χ0n) is 74.9. The second kappa shape index (κ2) is 60.5. The fraction of sp³-hybridized carbons (Fsp3) is 0.523. The molecule has 4 aromatic carbocycles. The van der Waals surface area contributed by atoms with Crippen molar-refractivity contribution in [1.29, 1.82) is 0 Å². The summed E-state index contributed by atoms with van der Waals surface area (Å²) in [7, 11) is 0. The summed E-state index contributed by atoms with van der Waals surface area (Å²) in [5.41, 5.74) is 3.82. The van der Waals surface area contributed by atoms with Crippen LogP contribution in [0.1, 0.15) is 121 Å². The fourth-order valence-electron chi connectivity index (χ4n) is 14.3. The number of carboxylic acids is 10. The van der Waals surface area contributed by atoms with Crippen molar-refractivity contribution in [3.63, 3.8) is 0 Å². The van der Waals surface area contributed by atoms with Crippen LogP contribution in [0.5, 0.6) is 0 Å². The molecule has 0 radical (unpaired) electrons. The Morgan fingerprint density at radius 3 is 0.813 bits per heavy atom. The van der Waals surface area contributed by atoms with E-state index in [-0.39, 0.29) is 258 Å². The Kier molecular flexibility index (Phi) is 50.9. The average Bonchev–Trinajstić information content (AvgIpc) is 0.847. The Bertz CT molecular complexity index is 4240. The van der Waals surface area contributed by atoms with Gasteiger partial charge in [0.15, 0.2) is 11.6 Å². The quantitative estimate of drug-likeness (QED) is 0.0221. The number of carbonyl (C=O) groups excluding carboxylic acids is 8. The molecule has 8 amide bonds. The molecule has 2 fully saturated rings. The van der Waals surface area contributed by atoms with Gasteiger partial charge in [0.1, 0.15) is 12.1 Å². The van der Waals surface area contributed by atoms with Crippen LogP contribution in [0.25, 0.3) is 0 Å². The number of unbranched alkanes of at least 4 members (excludes halogenated alkanes) is 2. The van der Waals surface area contributed by atoms with E-state index in [1.165, 1.54) is 13.8 Å². The van der Waals surface area contributed by atoms with E-state index in [9.17, 15) is 127 Å². The maximum atomic E-state index is 13.9. The van der Waals surface area contributed by atoms with Gasteiger partial charge in [0, 0.05) is 176 Å². The van der Waals surface area contributed by atoms with Gasteiger partial charge in [0.05, 0.1) is 64.4 Å². The van der Waals surface area contributed by atoms with Crippen LogP contribution in [0.15, 0.2) is 102 Å². The standard InChI is InChI=1S/C44H61BrN8O14.C44H61IN8O14/c2*1-30(54)35(13-14-38(56)57)47-44(67)48-36(43(65)66)4-2-3-15-53(25-32-7-11-34(45)12-8-32)42(64)33-9-5-31(6-10-33)24-46-37(55)26-49-16-18-50(27-39(58)59)20-22-52(29-41(62)63)23-21-51(19-17-49)28-40(60)61/h2*5-12,35-36H,2-4,13-29H2,1H3,(H,46,55)(H,56,57)(H,58,59)(H,60,61)(H,62,63)(H,65,66)(H2,47,48,67)/t2*35-,36-/m11/s1. The predicted octanol–water partition coefficient (Wildman–Crippen LogP) is 1.70. The molecule has 0 spiro atoms. The Morgan fingerprint density at radius 1 is 0.321 bits per heavy atom. The minimum atomic E-state index is -1.32. The third kappa shape index (κ3) is 47.2. The molecular formula is C88H122BrIN16O28. The molecule has 0 unspecified atom stereocenters. The number of carbonyl (C=O) groups is 18. The van der Waals surface area contributed by atoms with Gasteiger partial charge in [-0.25, -0.2) is 19.2 Å². The minimum absolute atomic E-state index is 0.00246. The number of benzene rings is 4. The molecule has 4 atom stereocenters. The van der Waals surface area contributed by atoms with Gasteiger partial charge < -0.3 is 92.8 Å². The molecule has 0 bridgehead atoms. The number of urea groups is 2. The number of ketones is 2. The van der Waals surface area contributed by atoms with Crippen molar-refractivity contribution in [2.75, 3.05) is 170 Å². The van der Waals surface area contributed by atoms with Crippen LogP contribution in [0.2, 0.25) is 0 Å². The van der Waals surface area contributed by atoms with Gasteiger partial charge in [-0.15, -0.1) is 0 Å². The summed E-state index contributed by atoms with van der Waals surface area (Å²) in [6, 6.07) is 21.7. The summed E-state index contributed by atoms with van der Waals surface area (Å²) < 4.78 is 1.85. The molecular weight excluding hydrogens is 1940 g/mol. The van der Waals surface area contributed by atoms with E-state index in [1.807, 2.05) is 58.3 Å². The Labute approximate surface area is 796 Å². The number of hydrogen-bond donors (Lipinski definition) is 16. The van der Waals surface area contributed by atoms with Crippen molar-refractivity contribution in [2.45, 2.75) is 128 Å². The average molecular weight is 2060 g/mol. The van der Waals surface area contributed by atoms with E-state index in [4.69, 9.17) is 10.2 Å². The third-order valence-corrected chi connectivity index (χ3v) is 23.0. The smallest absolute Gasteiger partial charge is 0.326 e. The molecule has 0 saturated carbocycles. The molecule has 736 valence electrons. The summed E-state index contributed by atoms with van der Waals surface area (Å²) in [4.78, 5) is 236. The van der Waals surface area contributed by atoms with Crippen molar-refractivity contribution in [3.8, 4) is 0 Å². The monoisotopic (exact) mass is 2060 g/mol. The summed E-state index contributed by atoms with van der Waals surface area (Å²) in [5.74, 6) is -13.5. The van der Waals surface area contributed by atoms with Gasteiger partial charge in [-0.2, -0.15) is 0 Å². The number of nitrogens with zero attached hydrogens (tertiary/aromatic N) is 10. The highest BCUT2D eigenvalue weighted by molar-refractivity contribution is 14.1. The number of Topliss-reactive ketones (excluding diaryl/α,β-unsaturated/α-hetero) is 2. The van der Waals surface area contributed by atoms with Gasteiger partial charge in [-0.05, 0) is 159 Å². The summed E-state index contributed by atoms with van der Waals surface area (Å²) in [6.45, 7) is 5.88. The predicted molar refractivity (Wildman–Crippen MR) is 493 cm³/mol. The molecule has 2 saturated heterocycles. The largest absolute Gasteiger partial charge is 0.481 e. The zero-order valence-corrected chi connectivity index (χ0v) is 78.6. The van der Waals surface area contributed by atoms with E-state index in [0.29, 0.717) is 47.9 Å². The lowest BCUT2D eigenvalue weighted by molar-refractivity contribution is -0.140. The lowest BCUT2D eigenvalue weighted by atomic mass is 10.1. The molecule has 2 aliphatic rings. The van der Waals surface area contributed by atoms with Crippen molar-refractivity contribution in [2.24, 2.45) is 0 Å². The molecule has 46 heteroatoms. The summed E-state index contributed by atoms with van der Waals surface area (Å²) in [6.07, 6.45) is 0.297. The summed E-state index contributed by atoms with van der Waals surface area (Å²) >= 11 is 5.59. The van der Waals surface area contributed by atoms with E-state index in [1.54, 1.807) is 87.7 Å². The topological polar surface area (TPSA) is 614 Å². The van der Waals surface area contributed by atoms with Crippen molar-refractivity contribution >= 4 is 145 Å². The van der Waals surface area contributed by atoms with Crippen molar-refractivity contribution < 1.29 is 137 Å². The second-order valence-electron chi connectivity index (χ2n) is 32.4. The van der Waals surface area contributed by atoms with E-state index >= 15 is 0 Å². The number of rotatable bonds is 50. The molecule has 6 rings (SSSR count). The number of aliphatic carboxylic acids is 10. The first-order valence-corrected chi connectivity index (χ1v) is 45.3. The van der Waals surface area contributed by atoms with Gasteiger partial charge in [-0.1, -0.05) is 64.5 Å². The summed E-state index contributed by atoms with van der Waals surface area (Å²) in [5, 5.41) is 109. The highest BCUT2D eigenvalue weighted by atomic mass is 127. The van der Waals surface area contributed by atoms with Gasteiger partial charge in [-0.3, -0.25) is 106 Å². The molecule has 134 heavy (non-hydrogen) atoms. The van der Waals surface area contributed by atoms with Gasteiger partial charge in [0.25, 0.3) is 11.8 Å². The number of amides is 8. The highest BCUT2D eigenvalue weighted by Crippen LogP contribution is 2.20. The molecule has 0 aromatic heterocycles. The van der Waals surface area contributed by atoms with Crippen molar-refractivity contribution in [1.82, 2.24) is 80.9 Å². The van der Waals surface area contributed by atoms with Gasteiger partial charge in [0.2, 0.25) is 11.8 Å². The molecule has 0 aliphatic carbocycles.